The zero-order valence-electron chi connectivity index (χ0n) is 12.3. The summed E-state index contributed by atoms with van der Waals surface area (Å²) in [5.41, 5.74) is 2.64. The number of aromatic carboxylic acids is 1. The van der Waals surface area contributed by atoms with E-state index in [2.05, 4.69) is 5.10 Å². The quantitative estimate of drug-likeness (QED) is 0.921. The van der Waals surface area contributed by atoms with Crippen LogP contribution < -0.4 is 0 Å². The lowest BCUT2D eigenvalue weighted by Crippen LogP contribution is -2.07. The van der Waals surface area contributed by atoms with Gasteiger partial charge in [0.05, 0.1) is 33.5 Å². The van der Waals surface area contributed by atoms with E-state index in [1.807, 2.05) is 24.6 Å². The number of nitrogens with zero attached hydrogens (tertiary/aromatic N) is 2. The van der Waals surface area contributed by atoms with Gasteiger partial charge in [-0.1, -0.05) is 6.07 Å². The Bertz CT molecular complexity index is 707. The molecule has 0 saturated heterocycles. The van der Waals surface area contributed by atoms with Gasteiger partial charge in [0.25, 0.3) is 0 Å². The number of carboxylic acid groups (broad SMARTS) is 1. The zero-order chi connectivity index (χ0) is 15.6. The molecule has 112 valence electrons. The summed E-state index contributed by atoms with van der Waals surface area (Å²) in [4.78, 5) is 11.7. The second-order valence-corrected chi connectivity index (χ2v) is 6.32. The van der Waals surface area contributed by atoms with Crippen LogP contribution in [-0.4, -0.2) is 25.1 Å². The molecule has 1 heterocycles. The molecule has 1 aromatic heterocycles. The van der Waals surface area contributed by atoms with Crippen LogP contribution in [0.1, 0.15) is 34.2 Å². The average molecular weight is 306 g/mol. The summed E-state index contributed by atoms with van der Waals surface area (Å²) < 4.78 is 14.3. The molecule has 0 bridgehead atoms. The van der Waals surface area contributed by atoms with E-state index >= 15 is 0 Å². The van der Waals surface area contributed by atoms with Gasteiger partial charge in [-0.3, -0.25) is 8.89 Å². The Balaban J connectivity index is 2.28. The maximum atomic E-state index is 12.5. The van der Waals surface area contributed by atoms with Crippen molar-refractivity contribution in [2.24, 2.45) is 0 Å². The normalized spacial score (nSPS) is 12.3. The van der Waals surface area contributed by atoms with Gasteiger partial charge in [-0.05, 0) is 44.5 Å². The summed E-state index contributed by atoms with van der Waals surface area (Å²) in [6.45, 7) is 6.32. The van der Waals surface area contributed by atoms with Crippen molar-refractivity contribution in [2.45, 2.75) is 38.0 Å². The number of carboxylic acids is 1. The molecule has 6 heteroatoms. The third-order valence-electron chi connectivity index (χ3n) is 3.27. The summed E-state index contributed by atoms with van der Waals surface area (Å²) in [6.07, 6.45) is 0. The van der Waals surface area contributed by atoms with E-state index in [4.69, 9.17) is 5.11 Å². The molecule has 0 amide bonds. The molecule has 21 heavy (non-hydrogen) atoms. The minimum absolute atomic E-state index is 0.195. The van der Waals surface area contributed by atoms with Crippen LogP contribution in [0.3, 0.4) is 0 Å². The summed E-state index contributed by atoms with van der Waals surface area (Å²) in [6, 6.07) is 6.82. The van der Waals surface area contributed by atoms with Gasteiger partial charge in [0.1, 0.15) is 0 Å². The van der Waals surface area contributed by atoms with Crippen molar-refractivity contribution in [3.63, 3.8) is 0 Å². The first-order valence-electron chi connectivity index (χ1n) is 6.68. The number of benzene rings is 1. The number of aryl methyl sites for hydroxylation is 3. The highest BCUT2D eigenvalue weighted by molar-refractivity contribution is 7.84. The average Bonchev–Trinajstić information content (AvgIpc) is 2.78. The van der Waals surface area contributed by atoms with Crippen molar-refractivity contribution in [3.05, 3.63) is 46.8 Å². The molecular formula is C15H18N2O3S. The van der Waals surface area contributed by atoms with Crippen molar-refractivity contribution >= 4 is 16.8 Å². The van der Waals surface area contributed by atoms with Gasteiger partial charge in [-0.15, -0.1) is 0 Å². The van der Waals surface area contributed by atoms with E-state index in [0.29, 0.717) is 22.8 Å². The van der Waals surface area contributed by atoms with Crippen LogP contribution in [-0.2, 0) is 23.1 Å². The Morgan fingerprint density at radius 3 is 2.67 bits per heavy atom. The monoisotopic (exact) mass is 306 g/mol. The third kappa shape index (κ3) is 3.39. The predicted molar refractivity (Wildman–Crippen MR) is 80.9 cm³/mol. The van der Waals surface area contributed by atoms with Gasteiger partial charge in [-0.25, -0.2) is 4.79 Å². The van der Waals surface area contributed by atoms with Crippen LogP contribution >= 0.6 is 0 Å². The van der Waals surface area contributed by atoms with Crippen LogP contribution in [0.5, 0.6) is 0 Å². The van der Waals surface area contributed by atoms with Crippen LogP contribution in [0.25, 0.3) is 0 Å². The van der Waals surface area contributed by atoms with Crippen molar-refractivity contribution in [2.75, 3.05) is 0 Å². The Kier molecular flexibility index (Phi) is 4.57. The SMILES string of the molecule is CCn1nc(C)cc1CS(=O)c1ccc(C)c(C(=O)O)c1. The topological polar surface area (TPSA) is 72.2 Å². The molecule has 0 aliphatic rings. The minimum Gasteiger partial charge on any atom is -0.478 e. The molecule has 1 atom stereocenters. The third-order valence-corrected chi connectivity index (χ3v) is 4.60. The Labute approximate surface area is 126 Å². The van der Waals surface area contributed by atoms with Crippen molar-refractivity contribution in [3.8, 4) is 0 Å². The summed E-state index contributed by atoms with van der Waals surface area (Å²) in [5.74, 6) is -0.669. The first-order chi connectivity index (χ1) is 9.92. The standard InChI is InChI=1S/C15H18N2O3S/c1-4-17-12(7-11(3)16-17)9-21(20)13-6-5-10(2)14(8-13)15(18)19/h5-8H,4,9H2,1-3H3,(H,18,19). The first kappa shape index (κ1) is 15.4. The molecule has 0 spiro atoms. The highest BCUT2D eigenvalue weighted by Gasteiger charge is 2.14. The van der Waals surface area contributed by atoms with E-state index in [-0.39, 0.29) is 5.56 Å². The lowest BCUT2D eigenvalue weighted by molar-refractivity contribution is 0.0696. The largest absolute Gasteiger partial charge is 0.478 e. The van der Waals surface area contributed by atoms with E-state index in [1.54, 1.807) is 19.1 Å². The molecule has 2 aromatic rings. The minimum atomic E-state index is -1.29. The highest BCUT2D eigenvalue weighted by atomic mass is 32.2. The second kappa shape index (κ2) is 6.22. The fraction of sp³-hybridized carbons (Fsp3) is 0.333. The molecule has 0 aliphatic heterocycles. The molecule has 5 nitrogen and oxygen atoms in total. The van der Waals surface area contributed by atoms with Gasteiger partial charge in [0, 0.05) is 11.4 Å². The van der Waals surface area contributed by atoms with Gasteiger partial charge in [-0.2, -0.15) is 5.10 Å². The zero-order valence-corrected chi connectivity index (χ0v) is 13.1. The number of hydrogen-bond donors (Lipinski definition) is 1. The molecule has 0 aliphatic carbocycles. The molecule has 1 unspecified atom stereocenters. The van der Waals surface area contributed by atoms with E-state index in [0.717, 1.165) is 11.4 Å². The summed E-state index contributed by atoms with van der Waals surface area (Å²) in [5, 5.41) is 13.5. The lowest BCUT2D eigenvalue weighted by atomic mass is 10.1. The van der Waals surface area contributed by atoms with Crippen LogP contribution in [0.4, 0.5) is 0 Å². The lowest BCUT2D eigenvalue weighted by Gasteiger charge is -2.07. The molecule has 0 radical (unpaired) electrons. The number of hydrogen-bond acceptors (Lipinski definition) is 3. The summed E-state index contributed by atoms with van der Waals surface area (Å²) in [7, 11) is -1.29. The Morgan fingerprint density at radius 2 is 2.05 bits per heavy atom. The highest BCUT2D eigenvalue weighted by Crippen LogP contribution is 2.18. The number of aromatic nitrogens is 2. The Hall–Kier alpha value is -1.95. The Morgan fingerprint density at radius 1 is 1.33 bits per heavy atom. The van der Waals surface area contributed by atoms with E-state index in [1.165, 1.54) is 6.07 Å². The van der Waals surface area contributed by atoms with Crippen LogP contribution in [0.2, 0.25) is 0 Å². The first-order valence-corrected chi connectivity index (χ1v) is 8.00. The fourth-order valence-corrected chi connectivity index (χ4v) is 3.32. The molecule has 0 saturated carbocycles. The van der Waals surface area contributed by atoms with Gasteiger partial charge in [0.15, 0.2) is 0 Å². The molecule has 1 N–H and O–H groups in total. The van der Waals surface area contributed by atoms with Crippen molar-refractivity contribution in [1.82, 2.24) is 9.78 Å². The molecule has 2 rings (SSSR count). The van der Waals surface area contributed by atoms with Crippen LogP contribution in [0, 0.1) is 13.8 Å². The van der Waals surface area contributed by atoms with Crippen molar-refractivity contribution in [1.29, 1.82) is 0 Å². The van der Waals surface area contributed by atoms with Gasteiger partial charge in [0.2, 0.25) is 0 Å². The van der Waals surface area contributed by atoms with E-state index < -0.39 is 16.8 Å². The van der Waals surface area contributed by atoms with Gasteiger partial charge < -0.3 is 5.11 Å². The van der Waals surface area contributed by atoms with Crippen LogP contribution in [0.15, 0.2) is 29.2 Å². The maximum absolute atomic E-state index is 12.5. The smallest absolute Gasteiger partial charge is 0.335 e. The molecule has 0 fully saturated rings. The van der Waals surface area contributed by atoms with Gasteiger partial charge >= 0.3 is 5.97 Å². The molecular weight excluding hydrogens is 288 g/mol. The molecule has 1 aromatic carbocycles. The maximum Gasteiger partial charge on any atom is 0.335 e. The second-order valence-electron chi connectivity index (χ2n) is 4.86. The van der Waals surface area contributed by atoms with Crippen molar-refractivity contribution < 1.29 is 14.1 Å². The van der Waals surface area contributed by atoms with E-state index in [9.17, 15) is 9.00 Å². The summed E-state index contributed by atoms with van der Waals surface area (Å²) >= 11 is 0. The number of rotatable bonds is 5. The fourth-order valence-electron chi connectivity index (χ4n) is 2.18. The number of carbonyl (C=O) groups is 1. The predicted octanol–water partition coefficient (Wildman–Crippen LogP) is 2.53.